The van der Waals surface area contributed by atoms with Gasteiger partial charge < -0.3 is 4.57 Å². The first-order valence-corrected chi connectivity index (χ1v) is 2.91. The van der Waals surface area contributed by atoms with Gasteiger partial charge in [0.25, 0.3) is 6.43 Å². The molecule has 0 aromatic carbocycles. The molecule has 3 nitrogen and oxygen atoms in total. The minimum absolute atomic E-state index is 0.0142. The first-order valence-electron chi connectivity index (χ1n) is 2.91. The van der Waals surface area contributed by atoms with Crippen LogP contribution in [0.5, 0.6) is 0 Å². The van der Waals surface area contributed by atoms with Gasteiger partial charge in [-0.3, -0.25) is 4.79 Å². The van der Waals surface area contributed by atoms with E-state index in [2.05, 4.69) is 4.98 Å². The molecule has 0 aliphatic rings. The Morgan fingerprint density at radius 1 is 1.73 bits per heavy atom. The monoisotopic (exact) mass is 160 g/mol. The zero-order valence-corrected chi connectivity index (χ0v) is 5.79. The summed E-state index contributed by atoms with van der Waals surface area (Å²) in [6.07, 6.45) is -1.15. The molecule has 1 heterocycles. The van der Waals surface area contributed by atoms with Crippen molar-refractivity contribution in [2.75, 3.05) is 0 Å². The van der Waals surface area contributed by atoms with E-state index >= 15 is 0 Å². The highest BCUT2D eigenvalue weighted by Gasteiger charge is 2.13. The second-order valence-corrected chi connectivity index (χ2v) is 2.02. The Balaban J connectivity index is 3.10. The molecule has 5 heteroatoms. The van der Waals surface area contributed by atoms with Crippen LogP contribution in [0, 0.1) is 0 Å². The highest BCUT2D eigenvalue weighted by atomic mass is 19.3. The second-order valence-electron chi connectivity index (χ2n) is 2.02. The molecule has 1 aromatic rings. The van der Waals surface area contributed by atoms with Gasteiger partial charge in [0.2, 0.25) is 0 Å². The molecule has 11 heavy (non-hydrogen) atoms. The Kier molecular flexibility index (Phi) is 1.98. The zero-order chi connectivity index (χ0) is 8.43. The summed E-state index contributed by atoms with van der Waals surface area (Å²) in [5, 5.41) is 0. The van der Waals surface area contributed by atoms with Gasteiger partial charge in [0.1, 0.15) is 5.69 Å². The van der Waals surface area contributed by atoms with Gasteiger partial charge in [0.15, 0.2) is 12.1 Å². The number of alkyl halides is 2. The first kappa shape index (κ1) is 7.84. The van der Waals surface area contributed by atoms with Crippen molar-refractivity contribution in [1.82, 2.24) is 9.55 Å². The molecular weight excluding hydrogens is 154 g/mol. The summed E-state index contributed by atoms with van der Waals surface area (Å²) in [7, 11) is 1.37. The lowest BCUT2D eigenvalue weighted by Gasteiger charge is -1.99. The Morgan fingerprint density at radius 2 is 2.36 bits per heavy atom. The van der Waals surface area contributed by atoms with Crippen LogP contribution in [0.4, 0.5) is 8.78 Å². The maximum atomic E-state index is 12.0. The van der Waals surface area contributed by atoms with Crippen molar-refractivity contribution in [2.45, 2.75) is 6.43 Å². The minimum atomic E-state index is -2.58. The molecule has 0 spiro atoms. The predicted octanol–water partition coefficient (Wildman–Crippen LogP) is 1.17. The van der Waals surface area contributed by atoms with Gasteiger partial charge in [-0.25, -0.2) is 13.8 Å². The Labute approximate surface area is 61.7 Å². The Hall–Kier alpha value is -1.26. The minimum Gasteiger partial charge on any atom is -0.324 e. The van der Waals surface area contributed by atoms with E-state index in [1.165, 1.54) is 7.05 Å². The maximum absolute atomic E-state index is 12.0. The van der Waals surface area contributed by atoms with Crippen molar-refractivity contribution in [1.29, 1.82) is 0 Å². The lowest BCUT2D eigenvalue weighted by atomic mass is 10.5. The molecule has 0 aliphatic carbocycles. The molecule has 0 bridgehead atoms. The van der Waals surface area contributed by atoms with Crippen LogP contribution in [0.3, 0.4) is 0 Å². The van der Waals surface area contributed by atoms with E-state index in [1.54, 1.807) is 0 Å². The quantitative estimate of drug-likeness (QED) is 0.608. The molecule has 0 aliphatic heterocycles. The highest BCUT2D eigenvalue weighted by molar-refractivity contribution is 5.69. The molecular formula is C6H6F2N2O. The third kappa shape index (κ3) is 1.26. The normalized spacial score (nSPS) is 10.5. The standard InChI is InChI=1S/C6H6F2N2O/c1-10-4(6(7)8)2-9-5(10)3-11/h2-3,6H,1H3. The van der Waals surface area contributed by atoms with Gasteiger partial charge in [-0.05, 0) is 0 Å². The number of aldehydes is 1. The van der Waals surface area contributed by atoms with Crippen LogP contribution >= 0.6 is 0 Å². The molecule has 1 aromatic heterocycles. The van der Waals surface area contributed by atoms with E-state index in [9.17, 15) is 13.6 Å². The number of rotatable bonds is 2. The van der Waals surface area contributed by atoms with Gasteiger partial charge in [-0.2, -0.15) is 0 Å². The smallest absolute Gasteiger partial charge is 0.280 e. The summed E-state index contributed by atoms with van der Waals surface area (Å²) in [4.78, 5) is 13.6. The summed E-state index contributed by atoms with van der Waals surface area (Å²) in [5.74, 6) is 0.0142. The fourth-order valence-corrected chi connectivity index (χ4v) is 0.750. The van der Waals surface area contributed by atoms with E-state index in [0.29, 0.717) is 6.29 Å². The summed E-state index contributed by atoms with van der Waals surface area (Å²) in [6, 6.07) is 0. The molecule has 60 valence electrons. The number of halogens is 2. The van der Waals surface area contributed by atoms with Crippen molar-refractivity contribution in [3.8, 4) is 0 Å². The number of imidazole rings is 1. The topological polar surface area (TPSA) is 34.9 Å². The fourth-order valence-electron chi connectivity index (χ4n) is 0.750. The zero-order valence-electron chi connectivity index (χ0n) is 5.79. The van der Waals surface area contributed by atoms with Gasteiger partial charge in [-0.15, -0.1) is 0 Å². The number of hydrogen-bond donors (Lipinski definition) is 0. The molecule has 0 N–H and O–H groups in total. The van der Waals surface area contributed by atoms with Crippen molar-refractivity contribution < 1.29 is 13.6 Å². The number of carbonyl (C=O) groups is 1. The average Bonchev–Trinajstić information content (AvgIpc) is 2.30. The van der Waals surface area contributed by atoms with Crippen LogP contribution in [0.25, 0.3) is 0 Å². The number of hydrogen-bond acceptors (Lipinski definition) is 2. The Morgan fingerprint density at radius 3 is 2.64 bits per heavy atom. The number of aromatic nitrogens is 2. The van der Waals surface area contributed by atoms with Crippen molar-refractivity contribution in [2.24, 2.45) is 7.05 Å². The van der Waals surface area contributed by atoms with Gasteiger partial charge >= 0.3 is 0 Å². The molecule has 0 fully saturated rings. The molecule has 1 rings (SSSR count). The van der Waals surface area contributed by atoms with Gasteiger partial charge in [-0.1, -0.05) is 0 Å². The average molecular weight is 160 g/mol. The van der Waals surface area contributed by atoms with Crippen LogP contribution in [0.1, 0.15) is 22.7 Å². The highest BCUT2D eigenvalue weighted by Crippen LogP contribution is 2.17. The molecule has 0 saturated carbocycles. The van der Waals surface area contributed by atoms with Crippen molar-refractivity contribution in [3.05, 3.63) is 17.7 Å². The van der Waals surface area contributed by atoms with Gasteiger partial charge in [0.05, 0.1) is 6.20 Å². The summed E-state index contributed by atoms with van der Waals surface area (Å²) in [6.45, 7) is 0. The van der Waals surface area contributed by atoms with Crippen LogP contribution in [0.2, 0.25) is 0 Å². The van der Waals surface area contributed by atoms with Crippen molar-refractivity contribution >= 4 is 6.29 Å². The molecule has 0 amide bonds. The lowest BCUT2D eigenvalue weighted by molar-refractivity contribution is 0.110. The van der Waals surface area contributed by atoms with Crippen LogP contribution in [-0.4, -0.2) is 15.8 Å². The third-order valence-electron chi connectivity index (χ3n) is 1.39. The molecule has 0 radical (unpaired) electrons. The number of nitrogens with zero attached hydrogens (tertiary/aromatic N) is 2. The largest absolute Gasteiger partial charge is 0.324 e. The lowest BCUT2D eigenvalue weighted by Crippen LogP contribution is -2.00. The van der Waals surface area contributed by atoms with Crippen LogP contribution < -0.4 is 0 Å². The van der Waals surface area contributed by atoms with Crippen molar-refractivity contribution in [3.63, 3.8) is 0 Å². The summed E-state index contributed by atoms with van der Waals surface area (Å²) in [5.41, 5.74) is -0.243. The molecule has 0 atom stereocenters. The van der Waals surface area contributed by atoms with E-state index in [0.717, 1.165) is 10.8 Å². The molecule has 0 saturated heterocycles. The summed E-state index contributed by atoms with van der Waals surface area (Å²) < 4.78 is 25.1. The molecule has 0 unspecified atom stereocenters. The van der Waals surface area contributed by atoms with E-state index in [-0.39, 0.29) is 11.5 Å². The SMILES string of the molecule is Cn1c(C(F)F)cnc1C=O. The van der Waals surface area contributed by atoms with Gasteiger partial charge in [0, 0.05) is 7.05 Å². The van der Waals surface area contributed by atoms with Crippen LogP contribution in [-0.2, 0) is 7.05 Å². The Bertz CT molecular complexity index is 270. The number of carbonyl (C=O) groups excluding carboxylic acids is 1. The fraction of sp³-hybridized carbons (Fsp3) is 0.333. The second kappa shape index (κ2) is 2.77. The predicted molar refractivity (Wildman–Crippen MR) is 33.6 cm³/mol. The summed E-state index contributed by atoms with van der Waals surface area (Å²) >= 11 is 0. The maximum Gasteiger partial charge on any atom is 0.280 e. The van der Waals surface area contributed by atoms with Crippen LogP contribution in [0.15, 0.2) is 6.20 Å². The first-order chi connectivity index (χ1) is 5.16. The van der Waals surface area contributed by atoms with E-state index in [1.807, 2.05) is 0 Å². The van der Waals surface area contributed by atoms with E-state index in [4.69, 9.17) is 0 Å². The van der Waals surface area contributed by atoms with E-state index < -0.39 is 6.43 Å². The third-order valence-corrected chi connectivity index (χ3v) is 1.39.